The van der Waals surface area contributed by atoms with Crippen LogP contribution in [0, 0.1) is 0 Å². The Morgan fingerprint density at radius 2 is 2.00 bits per heavy atom. The average molecular weight is 233 g/mol. The van der Waals surface area contributed by atoms with Crippen LogP contribution in [-0.2, 0) is 6.18 Å². The second-order valence-corrected chi connectivity index (χ2v) is 2.91. The predicted octanol–water partition coefficient (Wildman–Crippen LogP) is 2.81. The summed E-state index contributed by atoms with van der Waals surface area (Å²) in [4.78, 5) is 11.0. The van der Waals surface area contributed by atoms with E-state index < -0.39 is 23.6 Å². The molecule has 0 aliphatic carbocycles. The summed E-state index contributed by atoms with van der Waals surface area (Å²) in [6.45, 7) is 1.92. The molecule has 0 unspecified atom stereocenters. The Morgan fingerprint density at radius 3 is 2.56 bits per heavy atom. The van der Waals surface area contributed by atoms with Crippen molar-refractivity contribution in [2.45, 2.75) is 13.1 Å². The van der Waals surface area contributed by atoms with Crippen molar-refractivity contribution >= 4 is 6.09 Å². The number of halogens is 3. The van der Waals surface area contributed by atoms with Crippen LogP contribution in [0.1, 0.15) is 12.5 Å². The average Bonchev–Trinajstić information content (AvgIpc) is 2.17. The minimum Gasteiger partial charge on any atom is -0.410 e. The van der Waals surface area contributed by atoms with Crippen molar-refractivity contribution in [1.29, 1.82) is 0 Å². The molecule has 0 aliphatic heterocycles. The molecule has 88 valence electrons. The molecule has 0 bridgehead atoms. The molecule has 1 aromatic carbocycles. The Hall–Kier alpha value is -1.72. The lowest BCUT2D eigenvalue weighted by Crippen LogP contribution is -2.27. The van der Waals surface area contributed by atoms with Crippen molar-refractivity contribution in [3.8, 4) is 5.75 Å². The lowest BCUT2D eigenvalue weighted by Gasteiger charge is -2.12. The molecule has 1 aromatic rings. The maximum Gasteiger partial charge on any atom is 0.419 e. The van der Waals surface area contributed by atoms with Gasteiger partial charge in [-0.25, -0.2) is 4.79 Å². The van der Waals surface area contributed by atoms with Crippen molar-refractivity contribution in [2.24, 2.45) is 0 Å². The van der Waals surface area contributed by atoms with Gasteiger partial charge in [-0.05, 0) is 19.1 Å². The third-order valence-electron chi connectivity index (χ3n) is 1.72. The Balaban J connectivity index is 2.92. The standard InChI is InChI=1S/C10H10F3NO2/c1-2-14-9(15)16-8-6-4-3-5-7(8)10(11,12)13/h3-6H,2H2,1H3,(H,14,15). The molecule has 0 aromatic heterocycles. The van der Waals surface area contributed by atoms with Gasteiger partial charge in [-0.3, -0.25) is 0 Å². The molecular weight excluding hydrogens is 223 g/mol. The minimum atomic E-state index is -4.54. The van der Waals surface area contributed by atoms with Gasteiger partial charge in [-0.1, -0.05) is 12.1 Å². The van der Waals surface area contributed by atoms with Gasteiger partial charge in [-0.15, -0.1) is 0 Å². The smallest absolute Gasteiger partial charge is 0.410 e. The molecule has 0 aliphatic rings. The summed E-state index contributed by atoms with van der Waals surface area (Å²) in [6.07, 6.45) is -5.44. The second-order valence-electron chi connectivity index (χ2n) is 2.91. The van der Waals surface area contributed by atoms with Gasteiger partial charge >= 0.3 is 12.3 Å². The maximum atomic E-state index is 12.5. The van der Waals surface area contributed by atoms with Crippen molar-refractivity contribution in [3.05, 3.63) is 29.8 Å². The number of hydrogen-bond acceptors (Lipinski definition) is 2. The van der Waals surface area contributed by atoms with E-state index in [0.29, 0.717) is 0 Å². The summed E-state index contributed by atoms with van der Waals surface area (Å²) in [5, 5.41) is 2.24. The van der Waals surface area contributed by atoms with Crippen molar-refractivity contribution in [3.63, 3.8) is 0 Å². The number of alkyl halides is 3. The number of para-hydroxylation sites is 1. The quantitative estimate of drug-likeness (QED) is 0.852. The molecule has 1 rings (SSSR count). The molecular formula is C10H10F3NO2. The van der Waals surface area contributed by atoms with E-state index in [4.69, 9.17) is 0 Å². The first kappa shape index (κ1) is 12.4. The molecule has 0 heterocycles. The highest BCUT2D eigenvalue weighted by Gasteiger charge is 2.34. The number of rotatable bonds is 2. The molecule has 0 saturated carbocycles. The summed E-state index contributed by atoms with van der Waals surface area (Å²) in [7, 11) is 0. The molecule has 6 heteroatoms. The number of benzene rings is 1. The molecule has 0 saturated heterocycles. The van der Waals surface area contributed by atoms with Gasteiger partial charge in [0.25, 0.3) is 0 Å². The summed E-state index contributed by atoms with van der Waals surface area (Å²) in [5.74, 6) is -0.499. The lowest BCUT2D eigenvalue weighted by molar-refractivity contribution is -0.138. The summed E-state index contributed by atoms with van der Waals surface area (Å²) < 4.78 is 42.0. The van der Waals surface area contributed by atoms with Gasteiger partial charge in [0.05, 0.1) is 5.56 Å². The zero-order chi connectivity index (χ0) is 12.2. The molecule has 0 spiro atoms. The van der Waals surface area contributed by atoms with Gasteiger partial charge in [0, 0.05) is 6.54 Å². The number of carbonyl (C=O) groups excluding carboxylic acids is 1. The molecule has 1 amide bonds. The van der Waals surface area contributed by atoms with Gasteiger partial charge in [0.2, 0.25) is 0 Å². The predicted molar refractivity (Wildman–Crippen MR) is 51.1 cm³/mol. The first-order valence-electron chi connectivity index (χ1n) is 4.57. The highest BCUT2D eigenvalue weighted by atomic mass is 19.4. The van der Waals surface area contributed by atoms with Crippen LogP contribution in [0.5, 0.6) is 5.75 Å². The number of carbonyl (C=O) groups is 1. The molecule has 0 fully saturated rings. The maximum absolute atomic E-state index is 12.5. The van der Waals surface area contributed by atoms with Crippen LogP contribution in [0.2, 0.25) is 0 Å². The van der Waals surface area contributed by atoms with Crippen LogP contribution in [-0.4, -0.2) is 12.6 Å². The van der Waals surface area contributed by atoms with Gasteiger partial charge < -0.3 is 10.1 Å². The van der Waals surface area contributed by atoms with Crippen molar-refractivity contribution < 1.29 is 22.7 Å². The number of hydrogen-bond donors (Lipinski definition) is 1. The Morgan fingerprint density at radius 1 is 1.38 bits per heavy atom. The molecule has 0 atom stereocenters. The fourth-order valence-corrected chi connectivity index (χ4v) is 1.07. The number of amides is 1. The summed E-state index contributed by atoms with van der Waals surface area (Å²) in [5.41, 5.74) is -0.971. The second kappa shape index (κ2) is 4.87. The highest BCUT2D eigenvalue weighted by molar-refractivity contribution is 5.70. The van der Waals surface area contributed by atoms with Crippen LogP contribution in [0.25, 0.3) is 0 Å². The van der Waals surface area contributed by atoms with E-state index in [9.17, 15) is 18.0 Å². The van der Waals surface area contributed by atoms with E-state index >= 15 is 0 Å². The van der Waals surface area contributed by atoms with Crippen LogP contribution in [0.15, 0.2) is 24.3 Å². The number of ether oxygens (including phenoxy) is 1. The largest absolute Gasteiger partial charge is 0.419 e. The first-order chi connectivity index (χ1) is 7.45. The molecule has 1 N–H and O–H groups in total. The summed E-state index contributed by atoms with van der Waals surface area (Å²) >= 11 is 0. The van der Waals surface area contributed by atoms with E-state index in [1.165, 1.54) is 12.1 Å². The molecule has 0 radical (unpaired) electrons. The highest BCUT2D eigenvalue weighted by Crippen LogP contribution is 2.35. The third-order valence-corrected chi connectivity index (χ3v) is 1.72. The zero-order valence-electron chi connectivity index (χ0n) is 8.47. The van der Waals surface area contributed by atoms with E-state index in [2.05, 4.69) is 10.1 Å². The van der Waals surface area contributed by atoms with Crippen LogP contribution in [0.3, 0.4) is 0 Å². The first-order valence-corrected chi connectivity index (χ1v) is 4.57. The molecule has 3 nitrogen and oxygen atoms in total. The van der Waals surface area contributed by atoms with Gasteiger partial charge in [-0.2, -0.15) is 13.2 Å². The minimum absolute atomic E-state index is 0.285. The normalized spacial score (nSPS) is 11.0. The van der Waals surface area contributed by atoms with Crippen LogP contribution in [0.4, 0.5) is 18.0 Å². The van der Waals surface area contributed by atoms with Crippen molar-refractivity contribution in [1.82, 2.24) is 5.32 Å². The Bertz CT molecular complexity index is 377. The van der Waals surface area contributed by atoms with E-state index in [0.717, 1.165) is 12.1 Å². The topological polar surface area (TPSA) is 38.3 Å². The van der Waals surface area contributed by atoms with E-state index in [-0.39, 0.29) is 6.54 Å². The van der Waals surface area contributed by atoms with E-state index in [1.54, 1.807) is 6.92 Å². The van der Waals surface area contributed by atoms with Crippen molar-refractivity contribution in [2.75, 3.05) is 6.54 Å². The third kappa shape index (κ3) is 3.15. The zero-order valence-corrected chi connectivity index (χ0v) is 8.47. The Kier molecular flexibility index (Phi) is 3.76. The van der Waals surface area contributed by atoms with Crippen LogP contribution < -0.4 is 10.1 Å². The van der Waals surface area contributed by atoms with Gasteiger partial charge in [0.15, 0.2) is 0 Å². The Labute approximate surface area is 90.2 Å². The fraction of sp³-hybridized carbons (Fsp3) is 0.300. The fourth-order valence-electron chi connectivity index (χ4n) is 1.07. The van der Waals surface area contributed by atoms with Crippen LogP contribution >= 0.6 is 0 Å². The summed E-state index contributed by atoms with van der Waals surface area (Å²) in [6, 6.07) is 4.55. The van der Waals surface area contributed by atoms with E-state index in [1.807, 2.05) is 0 Å². The van der Waals surface area contributed by atoms with Gasteiger partial charge in [0.1, 0.15) is 5.75 Å². The lowest BCUT2D eigenvalue weighted by atomic mass is 10.2. The number of nitrogens with one attached hydrogen (secondary N) is 1. The molecule has 16 heavy (non-hydrogen) atoms. The SMILES string of the molecule is CCNC(=O)Oc1ccccc1C(F)(F)F. The monoisotopic (exact) mass is 233 g/mol.